The summed E-state index contributed by atoms with van der Waals surface area (Å²) in [4.78, 5) is 8.52. The highest BCUT2D eigenvalue weighted by Crippen LogP contribution is 2.21. The van der Waals surface area contributed by atoms with Crippen LogP contribution in [-0.4, -0.2) is 65.0 Å². The van der Waals surface area contributed by atoms with Crippen molar-refractivity contribution in [1.29, 1.82) is 0 Å². The molecule has 20 heavy (non-hydrogen) atoms. The molecule has 2 heterocycles. The standard InChI is InChI=1S/C13H22N4O2.H2S/c1-10-7-16(12(8-18)9-19)4-5-17(10)11-2-3-13(14)15-6-11;/h2-3,6,10,12,18-19H,4-5,7-9H2,1H3,(H2,14,15);1H2/t10-;/m0./s1. The molecule has 0 amide bonds. The summed E-state index contributed by atoms with van der Waals surface area (Å²) in [6, 6.07) is 3.93. The van der Waals surface area contributed by atoms with E-state index in [9.17, 15) is 10.2 Å². The van der Waals surface area contributed by atoms with Gasteiger partial charge in [0.2, 0.25) is 0 Å². The van der Waals surface area contributed by atoms with Crippen molar-refractivity contribution in [2.24, 2.45) is 0 Å². The summed E-state index contributed by atoms with van der Waals surface area (Å²) in [5.74, 6) is 0.524. The fourth-order valence-corrected chi connectivity index (χ4v) is 2.56. The molecule has 0 spiro atoms. The molecule has 1 aromatic rings. The van der Waals surface area contributed by atoms with E-state index in [1.807, 2.05) is 6.07 Å². The van der Waals surface area contributed by atoms with Crippen LogP contribution in [0.5, 0.6) is 0 Å². The average molecular weight is 300 g/mol. The molecule has 0 aliphatic carbocycles. The molecule has 1 atom stereocenters. The largest absolute Gasteiger partial charge is 0.395 e. The zero-order valence-corrected chi connectivity index (χ0v) is 12.7. The molecule has 0 radical (unpaired) electrons. The van der Waals surface area contributed by atoms with E-state index in [1.54, 1.807) is 12.3 Å². The number of rotatable bonds is 4. The van der Waals surface area contributed by atoms with Gasteiger partial charge < -0.3 is 20.8 Å². The van der Waals surface area contributed by atoms with Gasteiger partial charge in [0, 0.05) is 25.7 Å². The van der Waals surface area contributed by atoms with E-state index in [0.717, 1.165) is 25.3 Å². The summed E-state index contributed by atoms with van der Waals surface area (Å²) < 4.78 is 0. The Labute approximate surface area is 126 Å². The van der Waals surface area contributed by atoms with Crippen molar-refractivity contribution in [2.75, 3.05) is 43.5 Å². The van der Waals surface area contributed by atoms with Gasteiger partial charge in [-0.2, -0.15) is 13.5 Å². The minimum atomic E-state index is -0.158. The summed E-state index contributed by atoms with van der Waals surface area (Å²) in [5, 5.41) is 18.5. The van der Waals surface area contributed by atoms with Gasteiger partial charge in [0.1, 0.15) is 5.82 Å². The Morgan fingerprint density at radius 1 is 1.35 bits per heavy atom. The number of aliphatic hydroxyl groups excluding tert-OH is 2. The predicted molar refractivity (Wildman–Crippen MR) is 85.4 cm³/mol. The Bertz CT molecular complexity index is 400. The van der Waals surface area contributed by atoms with Crippen LogP contribution in [0.1, 0.15) is 6.92 Å². The van der Waals surface area contributed by atoms with Crippen LogP contribution < -0.4 is 10.6 Å². The van der Waals surface area contributed by atoms with E-state index in [2.05, 4.69) is 21.7 Å². The zero-order chi connectivity index (χ0) is 13.8. The molecule has 2 rings (SSSR count). The third-order valence-corrected chi connectivity index (χ3v) is 3.70. The highest BCUT2D eigenvalue weighted by molar-refractivity contribution is 7.59. The normalized spacial score (nSPS) is 20.0. The van der Waals surface area contributed by atoms with Crippen LogP contribution in [0.3, 0.4) is 0 Å². The van der Waals surface area contributed by atoms with Crippen molar-refractivity contribution in [3.8, 4) is 0 Å². The van der Waals surface area contributed by atoms with Crippen LogP contribution in [0.2, 0.25) is 0 Å². The third kappa shape index (κ3) is 3.76. The van der Waals surface area contributed by atoms with Crippen LogP contribution in [0.4, 0.5) is 11.5 Å². The van der Waals surface area contributed by atoms with E-state index in [0.29, 0.717) is 11.9 Å². The second-order valence-electron chi connectivity index (χ2n) is 5.00. The van der Waals surface area contributed by atoms with Crippen LogP contribution >= 0.6 is 13.5 Å². The Hall–Kier alpha value is -1.02. The van der Waals surface area contributed by atoms with E-state index >= 15 is 0 Å². The number of nitrogen functional groups attached to an aromatic ring is 1. The molecule has 0 unspecified atom stereocenters. The minimum absolute atomic E-state index is 0. The van der Waals surface area contributed by atoms with Gasteiger partial charge >= 0.3 is 0 Å². The molecule has 1 saturated heterocycles. The Kier molecular flexibility index (Phi) is 6.54. The number of nitrogens with two attached hydrogens (primary N) is 1. The van der Waals surface area contributed by atoms with Gasteiger partial charge in [-0.3, -0.25) is 4.90 Å². The lowest BCUT2D eigenvalue weighted by Gasteiger charge is -2.43. The Balaban J connectivity index is 0.00000200. The fraction of sp³-hybridized carbons (Fsp3) is 0.615. The van der Waals surface area contributed by atoms with Gasteiger partial charge in [0.15, 0.2) is 0 Å². The fourth-order valence-electron chi connectivity index (χ4n) is 2.56. The van der Waals surface area contributed by atoms with Gasteiger partial charge in [0.05, 0.1) is 31.1 Å². The van der Waals surface area contributed by atoms with E-state index < -0.39 is 0 Å². The summed E-state index contributed by atoms with van der Waals surface area (Å²) in [6.07, 6.45) is 1.79. The van der Waals surface area contributed by atoms with Gasteiger partial charge in [-0.25, -0.2) is 4.98 Å². The first kappa shape index (κ1) is 17.0. The van der Waals surface area contributed by atoms with Crippen molar-refractivity contribution < 1.29 is 10.2 Å². The summed E-state index contributed by atoms with van der Waals surface area (Å²) in [5.41, 5.74) is 6.66. The molecule has 4 N–H and O–H groups in total. The first-order valence-corrected chi connectivity index (χ1v) is 6.59. The number of hydrogen-bond donors (Lipinski definition) is 3. The molecule has 0 bridgehead atoms. The molecular weight excluding hydrogens is 276 g/mol. The molecule has 1 aliphatic heterocycles. The number of aromatic nitrogens is 1. The lowest BCUT2D eigenvalue weighted by molar-refractivity contribution is 0.0622. The van der Waals surface area contributed by atoms with Crippen LogP contribution in [0.15, 0.2) is 18.3 Å². The van der Waals surface area contributed by atoms with Gasteiger partial charge in [-0.1, -0.05) is 0 Å². The predicted octanol–water partition coefficient (Wildman–Crippen LogP) is -0.360. The first-order valence-electron chi connectivity index (χ1n) is 6.59. The summed E-state index contributed by atoms with van der Waals surface area (Å²) in [7, 11) is 0. The van der Waals surface area contributed by atoms with Crippen molar-refractivity contribution in [3.63, 3.8) is 0 Å². The van der Waals surface area contributed by atoms with E-state index in [4.69, 9.17) is 5.73 Å². The topological polar surface area (TPSA) is 85.9 Å². The van der Waals surface area contributed by atoms with Crippen LogP contribution in [0.25, 0.3) is 0 Å². The van der Waals surface area contributed by atoms with Crippen molar-refractivity contribution in [1.82, 2.24) is 9.88 Å². The number of nitrogens with zero attached hydrogens (tertiary/aromatic N) is 3. The summed E-state index contributed by atoms with van der Waals surface area (Å²) >= 11 is 0. The zero-order valence-electron chi connectivity index (χ0n) is 11.7. The van der Waals surface area contributed by atoms with Crippen LogP contribution in [0, 0.1) is 0 Å². The number of piperazine rings is 1. The maximum atomic E-state index is 9.24. The minimum Gasteiger partial charge on any atom is -0.395 e. The molecular formula is C13H24N4O2S. The maximum absolute atomic E-state index is 9.24. The number of pyridine rings is 1. The van der Waals surface area contributed by atoms with Crippen LogP contribution in [-0.2, 0) is 0 Å². The molecule has 6 nitrogen and oxygen atoms in total. The number of aliphatic hydroxyl groups is 2. The van der Waals surface area contributed by atoms with Crippen molar-refractivity contribution >= 4 is 25.0 Å². The SMILES string of the molecule is C[C@H]1CN(C(CO)CO)CCN1c1ccc(N)nc1.S. The Morgan fingerprint density at radius 3 is 2.55 bits per heavy atom. The number of anilines is 2. The van der Waals surface area contributed by atoms with Gasteiger partial charge in [-0.15, -0.1) is 0 Å². The second-order valence-corrected chi connectivity index (χ2v) is 5.00. The second kappa shape index (κ2) is 7.68. The lowest BCUT2D eigenvalue weighted by atomic mass is 10.1. The molecule has 7 heteroatoms. The molecule has 1 aromatic heterocycles. The van der Waals surface area contributed by atoms with Gasteiger partial charge in [0.25, 0.3) is 0 Å². The Morgan fingerprint density at radius 2 is 2.05 bits per heavy atom. The molecule has 0 aromatic carbocycles. The summed E-state index contributed by atoms with van der Waals surface area (Å²) in [6.45, 7) is 4.60. The molecule has 1 aliphatic rings. The third-order valence-electron chi connectivity index (χ3n) is 3.70. The monoisotopic (exact) mass is 300 g/mol. The van der Waals surface area contributed by atoms with Gasteiger partial charge in [-0.05, 0) is 19.1 Å². The quantitative estimate of drug-likeness (QED) is 0.704. The molecule has 1 fully saturated rings. The average Bonchev–Trinajstić information content (AvgIpc) is 2.42. The highest BCUT2D eigenvalue weighted by Gasteiger charge is 2.27. The molecule has 0 saturated carbocycles. The van der Waals surface area contributed by atoms with E-state index in [1.165, 1.54) is 0 Å². The van der Waals surface area contributed by atoms with E-state index in [-0.39, 0.29) is 32.8 Å². The number of hydrogen-bond acceptors (Lipinski definition) is 6. The lowest BCUT2D eigenvalue weighted by Crippen LogP contribution is -2.56. The maximum Gasteiger partial charge on any atom is 0.123 e. The van der Waals surface area contributed by atoms with Crippen molar-refractivity contribution in [2.45, 2.75) is 19.0 Å². The smallest absolute Gasteiger partial charge is 0.123 e. The molecule has 114 valence electrons. The van der Waals surface area contributed by atoms with Crippen molar-refractivity contribution in [3.05, 3.63) is 18.3 Å². The highest BCUT2D eigenvalue weighted by atomic mass is 32.1. The first-order chi connectivity index (χ1) is 9.15.